The lowest BCUT2D eigenvalue weighted by Crippen LogP contribution is -2.43. The molecule has 0 aliphatic heterocycles. The number of hydrogen-bond acceptors (Lipinski definition) is 7. The van der Waals surface area contributed by atoms with E-state index in [9.17, 15) is 9.59 Å². The molecule has 0 radical (unpaired) electrons. The minimum Gasteiger partial charge on any atom is -0.491 e. The third-order valence-electron chi connectivity index (χ3n) is 5.66. The van der Waals surface area contributed by atoms with Crippen molar-refractivity contribution in [1.82, 2.24) is 4.98 Å². The molecule has 0 saturated heterocycles. The van der Waals surface area contributed by atoms with Crippen LogP contribution in [0.2, 0.25) is 0 Å². The van der Waals surface area contributed by atoms with E-state index in [1.807, 2.05) is 62.4 Å². The number of imide groups is 1. The SMILES string of the molecule is COC(=O)N(C(=O)OCc1ccccc1)c1cc(-c2ccc(OCC(C)(N)CC(C)C)c(C)c2)ccn1. The molecular weight excluding hydrogens is 470 g/mol. The van der Waals surface area contributed by atoms with Crippen LogP contribution in [0.3, 0.4) is 0 Å². The summed E-state index contributed by atoms with van der Waals surface area (Å²) in [6.07, 6.45) is 0.603. The Kier molecular flexibility index (Phi) is 9.25. The smallest absolute Gasteiger partial charge is 0.425 e. The van der Waals surface area contributed by atoms with Gasteiger partial charge in [-0.1, -0.05) is 50.2 Å². The van der Waals surface area contributed by atoms with Gasteiger partial charge < -0.3 is 19.9 Å². The van der Waals surface area contributed by atoms with Crippen LogP contribution in [-0.4, -0.2) is 36.4 Å². The average Bonchev–Trinajstić information content (AvgIpc) is 2.86. The molecule has 0 spiro atoms. The number of amides is 2. The Morgan fingerprint density at radius 1 is 1.03 bits per heavy atom. The lowest BCUT2D eigenvalue weighted by Gasteiger charge is -2.27. The van der Waals surface area contributed by atoms with E-state index in [1.165, 1.54) is 13.3 Å². The summed E-state index contributed by atoms with van der Waals surface area (Å²) in [5.74, 6) is 1.32. The Labute approximate surface area is 218 Å². The van der Waals surface area contributed by atoms with E-state index in [2.05, 4.69) is 18.8 Å². The molecule has 2 amide bonds. The predicted molar refractivity (Wildman–Crippen MR) is 143 cm³/mol. The molecule has 3 aromatic rings. The highest BCUT2D eigenvalue weighted by atomic mass is 16.6. The summed E-state index contributed by atoms with van der Waals surface area (Å²) in [5, 5.41) is 0. The molecule has 2 aromatic carbocycles. The van der Waals surface area contributed by atoms with Crippen molar-refractivity contribution < 1.29 is 23.8 Å². The second kappa shape index (κ2) is 12.4. The van der Waals surface area contributed by atoms with Gasteiger partial charge in [0.05, 0.1) is 7.11 Å². The van der Waals surface area contributed by atoms with Crippen molar-refractivity contribution >= 4 is 18.0 Å². The number of hydrogen-bond donors (Lipinski definition) is 1. The molecule has 37 heavy (non-hydrogen) atoms. The van der Waals surface area contributed by atoms with E-state index in [0.717, 1.165) is 39.3 Å². The first-order valence-corrected chi connectivity index (χ1v) is 12.2. The quantitative estimate of drug-likeness (QED) is 0.374. The number of aryl methyl sites for hydroxylation is 1. The highest BCUT2D eigenvalue weighted by Gasteiger charge is 2.28. The Morgan fingerprint density at radius 3 is 2.38 bits per heavy atom. The van der Waals surface area contributed by atoms with Crippen molar-refractivity contribution in [3.63, 3.8) is 0 Å². The number of carbonyl (C=O) groups excluding carboxylic acids is 2. The standard InChI is InChI=1S/C29H35N3O5/c1-20(2)17-29(4,30)19-37-25-12-11-23(15-21(25)3)24-13-14-31-26(16-24)32(27(33)35-5)28(34)36-18-22-9-7-6-8-10-22/h6-16,20H,17-19,30H2,1-5H3. The molecule has 0 saturated carbocycles. The number of anilines is 1. The largest absolute Gasteiger partial charge is 0.491 e. The molecule has 1 atom stereocenters. The van der Waals surface area contributed by atoms with Gasteiger partial charge in [-0.15, -0.1) is 0 Å². The van der Waals surface area contributed by atoms with Crippen molar-refractivity contribution in [1.29, 1.82) is 0 Å². The van der Waals surface area contributed by atoms with E-state index < -0.39 is 17.7 Å². The maximum atomic E-state index is 12.8. The van der Waals surface area contributed by atoms with Crippen molar-refractivity contribution in [2.75, 3.05) is 18.6 Å². The first-order chi connectivity index (χ1) is 17.6. The Hall–Kier alpha value is -3.91. The third kappa shape index (κ3) is 7.79. The molecule has 1 aromatic heterocycles. The van der Waals surface area contributed by atoms with E-state index in [0.29, 0.717) is 12.5 Å². The van der Waals surface area contributed by atoms with Gasteiger partial charge in [-0.3, -0.25) is 0 Å². The number of pyridine rings is 1. The fourth-order valence-electron chi connectivity index (χ4n) is 4.08. The summed E-state index contributed by atoms with van der Waals surface area (Å²) in [5.41, 5.74) is 9.31. The summed E-state index contributed by atoms with van der Waals surface area (Å²) >= 11 is 0. The van der Waals surface area contributed by atoms with Gasteiger partial charge in [0.2, 0.25) is 0 Å². The zero-order chi connectivity index (χ0) is 27.0. The van der Waals surface area contributed by atoms with Gasteiger partial charge in [0.15, 0.2) is 0 Å². The summed E-state index contributed by atoms with van der Waals surface area (Å²) in [7, 11) is 1.19. The first kappa shape index (κ1) is 27.7. The van der Waals surface area contributed by atoms with Crippen LogP contribution in [0.1, 0.15) is 38.3 Å². The number of benzene rings is 2. The number of nitrogens with two attached hydrogens (primary N) is 1. The lowest BCUT2D eigenvalue weighted by atomic mass is 9.93. The van der Waals surface area contributed by atoms with E-state index >= 15 is 0 Å². The molecule has 196 valence electrons. The van der Waals surface area contributed by atoms with Crippen molar-refractivity contribution in [3.05, 3.63) is 78.0 Å². The van der Waals surface area contributed by atoms with Crippen LogP contribution >= 0.6 is 0 Å². The van der Waals surface area contributed by atoms with Crippen molar-refractivity contribution in [2.24, 2.45) is 11.7 Å². The van der Waals surface area contributed by atoms with Crippen LogP contribution in [0.25, 0.3) is 11.1 Å². The van der Waals surface area contributed by atoms with Crippen LogP contribution < -0.4 is 15.4 Å². The van der Waals surface area contributed by atoms with E-state index in [-0.39, 0.29) is 12.4 Å². The number of aromatic nitrogens is 1. The maximum absolute atomic E-state index is 12.8. The molecule has 3 rings (SSSR count). The molecule has 1 heterocycles. The molecule has 2 N–H and O–H groups in total. The Morgan fingerprint density at radius 2 is 1.73 bits per heavy atom. The zero-order valence-corrected chi connectivity index (χ0v) is 22.1. The average molecular weight is 506 g/mol. The van der Waals surface area contributed by atoms with Gasteiger partial charge in [0.1, 0.15) is 24.8 Å². The highest BCUT2D eigenvalue weighted by molar-refractivity contribution is 6.08. The van der Waals surface area contributed by atoms with Crippen molar-refractivity contribution in [2.45, 2.75) is 46.3 Å². The number of rotatable bonds is 9. The second-order valence-electron chi connectivity index (χ2n) is 9.77. The Balaban J connectivity index is 1.78. The van der Waals surface area contributed by atoms with Crippen LogP contribution in [0.4, 0.5) is 15.4 Å². The fourth-order valence-corrected chi connectivity index (χ4v) is 4.08. The molecule has 0 aliphatic carbocycles. The van der Waals surface area contributed by atoms with Gasteiger partial charge in [-0.05, 0) is 72.7 Å². The van der Waals surface area contributed by atoms with Gasteiger partial charge in [0.25, 0.3) is 0 Å². The fraction of sp³-hybridized carbons (Fsp3) is 0.345. The van der Waals surface area contributed by atoms with Crippen LogP contribution in [0, 0.1) is 12.8 Å². The van der Waals surface area contributed by atoms with Crippen molar-refractivity contribution in [3.8, 4) is 16.9 Å². The molecule has 8 heteroatoms. The number of carbonyl (C=O) groups is 2. The van der Waals surface area contributed by atoms with Gasteiger partial charge in [0, 0.05) is 11.7 Å². The summed E-state index contributed by atoms with van der Waals surface area (Å²) in [4.78, 5) is 30.3. The number of methoxy groups -OCH3 is 1. The van der Waals surface area contributed by atoms with E-state index in [4.69, 9.17) is 19.9 Å². The monoisotopic (exact) mass is 505 g/mol. The lowest BCUT2D eigenvalue weighted by molar-refractivity contribution is 0.138. The molecule has 1 unspecified atom stereocenters. The topological polar surface area (TPSA) is 104 Å². The molecule has 0 fully saturated rings. The molecule has 0 aliphatic rings. The first-order valence-electron chi connectivity index (χ1n) is 12.2. The Bertz CT molecular complexity index is 1210. The maximum Gasteiger partial charge on any atom is 0.425 e. The second-order valence-corrected chi connectivity index (χ2v) is 9.77. The number of ether oxygens (including phenoxy) is 3. The van der Waals surface area contributed by atoms with Gasteiger partial charge in [-0.25, -0.2) is 14.6 Å². The molecule has 8 nitrogen and oxygen atoms in total. The third-order valence-corrected chi connectivity index (χ3v) is 5.66. The van der Waals surface area contributed by atoms with Gasteiger partial charge in [-0.2, -0.15) is 4.90 Å². The number of nitrogens with zero attached hydrogens (tertiary/aromatic N) is 2. The van der Waals surface area contributed by atoms with Crippen LogP contribution in [0.15, 0.2) is 66.9 Å². The zero-order valence-electron chi connectivity index (χ0n) is 22.1. The summed E-state index contributed by atoms with van der Waals surface area (Å²) < 4.78 is 16.2. The normalized spacial score (nSPS) is 12.5. The summed E-state index contributed by atoms with van der Waals surface area (Å²) in [6, 6.07) is 18.4. The predicted octanol–water partition coefficient (Wildman–Crippen LogP) is 6.11. The highest BCUT2D eigenvalue weighted by Crippen LogP contribution is 2.29. The van der Waals surface area contributed by atoms with Gasteiger partial charge >= 0.3 is 12.2 Å². The van der Waals surface area contributed by atoms with Crippen LogP contribution in [0.5, 0.6) is 5.75 Å². The molecular formula is C29H35N3O5. The summed E-state index contributed by atoms with van der Waals surface area (Å²) in [6.45, 7) is 8.64. The van der Waals surface area contributed by atoms with Crippen LogP contribution in [-0.2, 0) is 16.1 Å². The minimum absolute atomic E-state index is 0.00648. The minimum atomic E-state index is -0.895. The molecule has 0 bridgehead atoms. The van der Waals surface area contributed by atoms with E-state index in [1.54, 1.807) is 12.1 Å².